The molecule has 0 bridgehead atoms. The molecule has 1 heterocycles. The molecule has 1 fully saturated rings. The van der Waals surface area contributed by atoms with Gasteiger partial charge >= 0.3 is 0 Å². The van der Waals surface area contributed by atoms with Gasteiger partial charge in [0.2, 0.25) is 0 Å². The zero-order valence-corrected chi connectivity index (χ0v) is 11.0. The van der Waals surface area contributed by atoms with E-state index in [1.165, 1.54) is 31.4 Å². The summed E-state index contributed by atoms with van der Waals surface area (Å²) in [6, 6.07) is 2.84. The van der Waals surface area contributed by atoms with Gasteiger partial charge in [-0.05, 0) is 25.7 Å². The highest BCUT2D eigenvalue weighted by atomic mass is 16.6. The summed E-state index contributed by atoms with van der Waals surface area (Å²) in [5.41, 5.74) is 2.39. The lowest BCUT2D eigenvalue weighted by atomic mass is 9.85. The minimum atomic E-state index is -0.427. The number of nitrogens with zero attached hydrogens (tertiary/aromatic N) is 3. The quantitative estimate of drug-likeness (QED) is 0.463. The second-order valence-corrected chi connectivity index (χ2v) is 4.81. The van der Waals surface area contributed by atoms with Gasteiger partial charge in [0.05, 0.1) is 17.1 Å². The SMILES string of the molecule is CCN(CC1CCC1)c1cc([N+](=O)[O-])cc(NN)n1. The van der Waals surface area contributed by atoms with E-state index in [9.17, 15) is 10.1 Å². The van der Waals surface area contributed by atoms with E-state index in [1.807, 2.05) is 6.92 Å². The third-order valence-corrected chi connectivity index (χ3v) is 3.56. The summed E-state index contributed by atoms with van der Waals surface area (Å²) < 4.78 is 0. The van der Waals surface area contributed by atoms with E-state index in [1.54, 1.807) is 0 Å². The maximum atomic E-state index is 10.9. The molecular weight excluding hydrogens is 246 g/mol. The van der Waals surface area contributed by atoms with Crippen molar-refractivity contribution in [2.75, 3.05) is 23.4 Å². The summed E-state index contributed by atoms with van der Waals surface area (Å²) >= 11 is 0. The molecule has 19 heavy (non-hydrogen) atoms. The lowest BCUT2D eigenvalue weighted by Gasteiger charge is -2.32. The van der Waals surface area contributed by atoms with Crippen molar-refractivity contribution in [3.63, 3.8) is 0 Å². The van der Waals surface area contributed by atoms with Crippen molar-refractivity contribution in [3.8, 4) is 0 Å². The Morgan fingerprint density at radius 1 is 1.58 bits per heavy atom. The van der Waals surface area contributed by atoms with Gasteiger partial charge in [0.25, 0.3) is 5.69 Å². The van der Waals surface area contributed by atoms with Gasteiger partial charge in [-0.3, -0.25) is 10.1 Å². The van der Waals surface area contributed by atoms with Crippen LogP contribution in [0.1, 0.15) is 26.2 Å². The third kappa shape index (κ3) is 3.11. The zero-order chi connectivity index (χ0) is 13.8. The highest BCUT2D eigenvalue weighted by Crippen LogP contribution is 2.30. The van der Waals surface area contributed by atoms with Crippen LogP contribution in [0.4, 0.5) is 17.3 Å². The van der Waals surface area contributed by atoms with Crippen LogP contribution in [0.5, 0.6) is 0 Å². The average molecular weight is 265 g/mol. The second kappa shape index (κ2) is 5.83. The molecule has 1 aromatic rings. The number of hydrogen-bond acceptors (Lipinski definition) is 6. The molecule has 2 rings (SSSR count). The molecule has 0 atom stereocenters. The fraction of sp³-hybridized carbons (Fsp3) is 0.583. The predicted molar refractivity (Wildman–Crippen MR) is 73.9 cm³/mol. The van der Waals surface area contributed by atoms with Gasteiger partial charge < -0.3 is 10.3 Å². The maximum Gasteiger partial charge on any atom is 0.276 e. The number of hydrogen-bond donors (Lipinski definition) is 2. The Morgan fingerprint density at radius 2 is 2.32 bits per heavy atom. The van der Waals surface area contributed by atoms with Gasteiger partial charge in [-0.15, -0.1) is 0 Å². The molecule has 0 radical (unpaired) electrons. The zero-order valence-electron chi connectivity index (χ0n) is 11.0. The first-order valence-corrected chi connectivity index (χ1v) is 6.52. The molecule has 1 aliphatic rings. The van der Waals surface area contributed by atoms with Crippen LogP contribution < -0.4 is 16.2 Å². The standard InChI is InChI=1S/C12H19N5O2/c1-2-16(8-9-4-3-5-9)12-7-10(17(18)19)6-11(14-12)15-13/h6-7,9H,2-5,8,13H2,1H3,(H,14,15). The number of nitro groups is 1. The van der Waals surface area contributed by atoms with Gasteiger partial charge in [-0.25, -0.2) is 10.8 Å². The number of nitrogen functional groups attached to an aromatic ring is 1. The van der Waals surface area contributed by atoms with Crippen molar-refractivity contribution in [1.82, 2.24) is 4.98 Å². The van der Waals surface area contributed by atoms with Crippen LogP contribution in [0.15, 0.2) is 12.1 Å². The fourth-order valence-electron chi connectivity index (χ4n) is 2.21. The van der Waals surface area contributed by atoms with Crippen LogP contribution in [-0.2, 0) is 0 Å². The van der Waals surface area contributed by atoms with Crippen molar-refractivity contribution in [2.24, 2.45) is 11.8 Å². The molecule has 7 nitrogen and oxygen atoms in total. The number of pyridine rings is 1. The summed E-state index contributed by atoms with van der Waals surface area (Å²) in [6.45, 7) is 3.69. The van der Waals surface area contributed by atoms with Crippen molar-refractivity contribution < 1.29 is 4.92 Å². The van der Waals surface area contributed by atoms with Gasteiger partial charge in [0.1, 0.15) is 11.6 Å². The van der Waals surface area contributed by atoms with Crippen molar-refractivity contribution in [1.29, 1.82) is 0 Å². The molecule has 0 aromatic carbocycles. The lowest BCUT2D eigenvalue weighted by molar-refractivity contribution is -0.384. The molecule has 0 spiro atoms. The van der Waals surface area contributed by atoms with Gasteiger partial charge in [-0.1, -0.05) is 6.42 Å². The monoisotopic (exact) mass is 265 g/mol. The molecular formula is C12H19N5O2. The van der Waals surface area contributed by atoms with Crippen LogP contribution in [0.2, 0.25) is 0 Å². The number of aromatic nitrogens is 1. The van der Waals surface area contributed by atoms with Crippen LogP contribution in [0.25, 0.3) is 0 Å². The van der Waals surface area contributed by atoms with Crippen molar-refractivity contribution in [2.45, 2.75) is 26.2 Å². The predicted octanol–water partition coefficient (Wildman–Crippen LogP) is 1.90. The van der Waals surface area contributed by atoms with E-state index in [0.717, 1.165) is 13.1 Å². The summed E-state index contributed by atoms with van der Waals surface area (Å²) in [4.78, 5) is 16.9. The van der Waals surface area contributed by atoms with Crippen LogP contribution in [0.3, 0.4) is 0 Å². The average Bonchev–Trinajstić information content (AvgIpc) is 2.37. The van der Waals surface area contributed by atoms with Crippen LogP contribution >= 0.6 is 0 Å². The fourth-order valence-corrected chi connectivity index (χ4v) is 2.21. The first-order valence-electron chi connectivity index (χ1n) is 6.52. The Kier molecular flexibility index (Phi) is 4.16. The second-order valence-electron chi connectivity index (χ2n) is 4.81. The van der Waals surface area contributed by atoms with E-state index in [2.05, 4.69) is 15.3 Å². The van der Waals surface area contributed by atoms with Crippen LogP contribution in [0, 0.1) is 16.0 Å². The number of rotatable bonds is 6. The van der Waals surface area contributed by atoms with E-state index >= 15 is 0 Å². The third-order valence-electron chi connectivity index (χ3n) is 3.56. The first kappa shape index (κ1) is 13.5. The first-order chi connectivity index (χ1) is 9.13. The summed E-state index contributed by atoms with van der Waals surface area (Å²) in [7, 11) is 0. The molecule has 3 N–H and O–H groups in total. The van der Waals surface area contributed by atoms with Crippen LogP contribution in [-0.4, -0.2) is 23.0 Å². The van der Waals surface area contributed by atoms with E-state index in [0.29, 0.717) is 17.6 Å². The molecule has 0 saturated heterocycles. The van der Waals surface area contributed by atoms with Gasteiger partial charge in [0.15, 0.2) is 0 Å². The minimum Gasteiger partial charge on any atom is -0.356 e. The Morgan fingerprint density at radius 3 is 2.79 bits per heavy atom. The van der Waals surface area contributed by atoms with E-state index < -0.39 is 4.92 Å². The summed E-state index contributed by atoms with van der Waals surface area (Å²) in [5, 5.41) is 10.9. The summed E-state index contributed by atoms with van der Waals surface area (Å²) in [6.07, 6.45) is 3.74. The molecule has 0 aliphatic heterocycles. The van der Waals surface area contributed by atoms with Crippen molar-refractivity contribution in [3.05, 3.63) is 22.2 Å². The number of anilines is 2. The number of nitrogens with two attached hydrogens (primary N) is 1. The number of nitrogens with one attached hydrogen (secondary N) is 1. The Bertz CT molecular complexity index is 461. The highest BCUT2D eigenvalue weighted by Gasteiger charge is 2.22. The Hall–Kier alpha value is -1.89. The van der Waals surface area contributed by atoms with Crippen molar-refractivity contribution >= 4 is 17.3 Å². The highest BCUT2D eigenvalue weighted by molar-refractivity contribution is 5.55. The normalized spacial score (nSPS) is 14.8. The topological polar surface area (TPSA) is 97.3 Å². The molecule has 1 aromatic heterocycles. The van der Waals surface area contributed by atoms with Gasteiger partial charge in [-0.2, -0.15) is 0 Å². The van der Waals surface area contributed by atoms with E-state index in [-0.39, 0.29) is 5.69 Å². The smallest absolute Gasteiger partial charge is 0.276 e. The molecule has 1 saturated carbocycles. The molecule has 1 aliphatic carbocycles. The maximum absolute atomic E-state index is 10.9. The minimum absolute atomic E-state index is 0.00464. The van der Waals surface area contributed by atoms with Gasteiger partial charge in [0, 0.05) is 13.1 Å². The molecule has 7 heteroatoms. The Balaban J connectivity index is 2.24. The lowest BCUT2D eigenvalue weighted by Crippen LogP contribution is -2.33. The van der Waals surface area contributed by atoms with E-state index in [4.69, 9.17) is 5.84 Å². The molecule has 0 amide bonds. The Labute approximate surface area is 111 Å². The summed E-state index contributed by atoms with van der Waals surface area (Å²) in [5.74, 6) is 6.91. The molecule has 0 unspecified atom stereocenters. The largest absolute Gasteiger partial charge is 0.356 e. The number of hydrazine groups is 1. The molecule has 104 valence electrons.